The second kappa shape index (κ2) is 6.07. The molecule has 0 amide bonds. The Labute approximate surface area is 177 Å². The van der Waals surface area contributed by atoms with Crippen LogP contribution in [0, 0.1) is 0 Å². The van der Waals surface area contributed by atoms with Gasteiger partial charge in [0.2, 0.25) is 5.78 Å². The Kier molecular flexibility index (Phi) is 3.54. The number of hydrogen-bond donors (Lipinski definition) is 0. The van der Waals surface area contributed by atoms with Gasteiger partial charge in [0.25, 0.3) is 5.79 Å². The van der Waals surface area contributed by atoms with E-state index in [-0.39, 0.29) is 23.2 Å². The van der Waals surface area contributed by atoms with Gasteiger partial charge in [-0.25, -0.2) is 0 Å². The number of fused-ring (bicyclic) bond motifs is 6. The first-order valence-electron chi connectivity index (χ1n) is 9.73. The van der Waals surface area contributed by atoms with E-state index in [4.69, 9.17) is 21.1 Å². The molecule has 3 aliphatic rings. The topological polar surface area (TPSA) is 52.6 Å². The Hall–Kier alpha value is -3.37. The highest BCUT2D eigenvalue weighted by molar-refractivity contribution is 6.30. The minimum atomic E-state index is -1.19. The summed E-state index contributed by atoms with van der Waals surface area (Å²) in [6.07, 6.45) is 0.379. The van der Waals surface area contributed by atoms with E-state index in [1.54, 1.807) is 36.4 Å². The molecule has 0 unspecified atom stereocenters. The molecule has 0 saturated heterocycles. The predicted molar refractivity (Wildman–Crippen MR) is 111 cm³/mol. The maximum absolute atomic E-state index is 13.5. The Balaban J connectivity index is 1.63. The Morgan fingerprint density at radius 2 is 1.53 bits per heavy atom. The van der Waals surface area contributed by atoms with E-state index in [0.29, 0.717) is 33.9 Å². The third kappa shape index (κ3) is 2.28. The summed E-state index contributed by atoms with van der Waals surface area (Å²) in [7, 11) is 0. The van der Waals surface area contributed by atoms with Gasteiger partial charge < -0.3 is 9.47 Å². The van der Waals surface area contributed by atoms with Crippen molar-refractivity contribution in [2.75, 3.05) is 0 Å². The maximum atomic E-state index is 13.5. The van der Waals surface area contributed by atoms with Crippen LogP contribution in [0.4, 0.5) is 0 Å². The summed E-state index contributed by atoms with van der Waals surface area (Å²) in [6, 6.07) is 21.7. The molecule has 3 aromatic rings. The third-order valence-electron chi connectivity index (χ3n) is 6.04. The minimum absolute atomic E-state index is 0.0735. The summed E-state index contributed by atoms with van der Waals surface area (Å²) >= 11 is 6.27. The second-order valence-corrected chi connectivity index (χ2v) is 8.14. The van der Waals surface area contributed by atoms with E-state index in [1.165, 1.54) is 0 Å². The molecular formula is C25H15ClO4. The molecule has 30 heavy (non-hydrogen) atoms. The largest absolute Gasteiger partial charge is 0.448 e. The summed E-state index contributed by atoms with van der Waals surface area (Å²) in [6.45, 7) is 0. The lowest BCUT2D eigenvalue weighted by molar-refractivity contribution is -0.185. The molecule has 0 radical (unpaired) electrons. The van der Waals surface area contributed by atoms with Crippen molar-refractivity contribution in [3.8, 4) is 5.75 Å². The van der Waals surface area contributed by atoms with Gasteiger partial charge in [-0.2, -0.15) is 0 Å². The van der Waals surface area contributed by atoms with Crippen molar-refractivity contribution in [3.05, 3.63) is 111 Å². The van der Waals surface area contributed by atoms with Gasteiger partial charge in [0.1, 0.15) is 5.75 Å². The number of carbonyl (C=O) groups excluding carboxylic acids is 2. The van der Waals surface area contributed by atoms with Crippen molar-refractivity contribution >= 4 is 23.2 Å². The van der Waals surface area contributed by atoms with Gasteiger partial charge in [-0.1, -0.05) is 66.2 Å². The lowest BCUT2D eigenvalue weighted by Gasteiger charge is -2.47. The Bertz CT molecular complexity index is 1280. The quantitative estimate of drug-likeness (QED) is 0.533. The summed E-state index contributed by atoms with van der Waals surface area (Å²) in [5, 5.41) is 0.549. The van der Waals surface area contributed by atoms with Gasteiger partial charge in [-0.05, 0) is 18.2 Å². The fourth-order valence-corrected chi connectivity index (χ4v) is 4.87. The molecule has 4 nitrogen and oxygen atoms in total. The van der Waals surface area contributed by atoms with E-state index in [0.717, 1.165) is 11.1 Å². The molecular weight excluding hydrogens is 400 g/mol. The van der Waals surface area contributed by atoms with Crippen molar-refractivity contribution in [1.82, 2.24) is 0 Å². The maximum Gasteiger partial charge on any atom is 0.279 e. The monoisotopic (exact) mass is 414 g/mol. The zero-order valence-electron chi connectivity index (χ0n) is 15.7. The van der Waals surface area contributed by atoms with Crippen LogP contribution in [-0.4, -0.2) is 11.6 Å². The van der Waals surface area contributed by atoms with Gasteiger partial charge in [0.15, 0.2) is 11.5 Å². The van der Waals surface area contributed by atoms with Crippen LogP contribution in [0.25, 0.3) is 0 Å². The number of carbonyl (C=O) groups is 2. The summed E-state index contributed by atoms with van der Waals surface area (Å²) < 4.78 is 12.7. The molecule has 5 heteroatoms. The van der Waals surface area contributed by atoms with Crippen LogP contribution in [0.5, 0.6) is 5.75 Å². The molecule has 0 spiro atoms. The Morgan fingerprint density at radius 3 is 2.30 bits per heavy atom. The van der Waals surface area contributed by atoms with Gasteiger partial charge in [-0.15, -0.1) is 0 Å². The predicted octanol–water partition coefficient (Wildman–Crippen LogP) is 5.42. The van der Waals surface area contributed by atoms with Crippen molar-refractivity contribution in [3.63, 3.8) is 0 Å². The fourth-order valence-electron chi connectivity index (χ4n) is 4.69. The van der Waals surface area contributed by atoms with Crippen molar-refractivity contribution in [1.29, 1.82) is 0 Å². The van der Waals surface area contributed by atoms with Crippen LogP contribution in [0.2, 0.25) is 5.02 Å². The molecule has 0 N–H and O–H groups in total. The molecule has 146 valence electrons. The first-order valence-corrected chi connectivity index (χ1v) is 10.1. The number of allylic oxidation sites excluding steroid dienone is 2. The van der Waals surface area contributed by atoms with Crippen LogP contribution in [0.1, 0.15) is 44.2 Å². The molecule has 2 heterocycles. The molecule has 0 fully saturated rings. The molecule has 3 aromatic carbocycles. The van der Waals surface area contributed by atoms with Gasteiger partial charge in [-0.3, -0.25) is 9.59 Å². The van der Waals surface area contributed by atoms with Crippen LogP contribution < -0.4 is 4.74 Å². The number of halogens is 1. The van der Waals surface area contributed by atoms with E-state index < -0.39 is 5.79 Å². The summed E-state index contributed by atoms with van der Waals surface area (Å²) in [5.41, 5.74) is 2.74. The van der Waals surface area contributed by atoms with E-state index in [9.17, 15) is 9.59 Å². The number of hydrogen-bond acceptors (Lipinski definition) is 4. The average Bonchev–Trinajstić information content (AvgIpc) is 2.78. The molecule has 1 aliphatic carbocycles. The highest BCUT2D eigenvalue weighted by Crippen LogP contribution is 2.56. The van der Waals surface area contributed by atoms with Crippen LogP contribution in [0.3, 0.4) is 0 Å². The zero-order chi connectivity index (χ0) is 20.5. The minimum Gasteiger partial charge on any atom is -0.448 e. The second-order valence-electron chi connectivity index (χ2n) is 7.71. The molecule has 6 rings (SSSR count). The smallest absolute Gasteiger partial charge is 0.279 e. The molecule has 2 aliphatic heterocycles. The highest BCUT2D eigenvalue weighted by atomic mass is 35.5. The molecule has 2 bridgehead atoms. The van der Waals surface area contributed by atoms with E-state index >= 15 is 0 Å². The third-order valence-corrected chi connectivity index (χ3v) is 6.27. The number of ketones is 2. The number of rotatable bonds is 1. The van der Waals surface area contributed by atoms with Crippen molar-refractivity contribution < 1.29 is 19.1 Å². The molecule has 0 aromatic heterocycles. The van der Waals surface area contributed by atoms with Gasteiger partial charge in [0, 0.05) is 39.6 Å². The van der Waals surface area contributed by atoms with Gasteiger partial charge in [0.05, 0.1) is 5.57 Å². The summed E-state index contributed by atoms with van der Waals surface area (Å²) in [5.74, 6) is -1.34. The zero-order valence-corrected chi connectivity index (χ0v) is 16.5. The van der Waals surface area contributed by atoms with Crippen LogP contribution >= 0.6 is 11.6 Å². The fraction of sp³-hybridized carbons (Fsp3) is 0.120. The molecule has 2 atom stereocenters. The lowest BCUT2D eigenvalue weighted by atomic mass is 9.72. The lowest BCUT2D eigenvalue weighted by Crippen LogP contribution is -2.47. The standard InChI is InChI=1S/C25H15ClO4/c26-15-10-11-20-18(12-15)19-13-25(29-20,14-6-2-1-3-7-14)30-24-21(19)22(27)16-8-4-5-9-17(16)23(24)28/h1-12,19H,13H2/t19-,25-/m0/s1. The number of benzene rings is 3. The van der Waals surface area contributed by atoms with E-state index in [1.807, 2.05) is 36.4 Å². The SMILES string of the molecule is O=C1C2=C(C(=O)c3ccccc31)[C@H]1C[C@@](c3ccccc3)(O2)Oc2ccc(Cl)cc21. The normalized spacial score (nSPS) is 23.7. The van der Waals surface area contributed by atoms with Crippen LogP contribution in [0.15, 0.2) is 84.1 Å². The molecule has 0 saturated carbocycles. The number of ether oxygens (including phenoxy) is 2. The first-order chi connectivity index (χ1) is 14.6. The Morgan fingerprint density at radius 1 is 0.833 bits per heavy atom. The average molecular weight is 415 g/mol. The van der Waals surface area contributed by atoms with E-state index in [2.05, 4.69) is 0 Å². The van der Waals surface area contributed by atoms with Crippen LogP contribution in [-0.2, 0) is 10.5 Å². The number of Topliss-reactive ketones (excluding diaryl/α,β-unsaturated/α-hetero) is 2. The van der Waals surface area contributed by atoms with Crippen molar-refractivity contribution in [2.45, 2.75) is 18.1 Å². The van der Waals surface area contributed by atoms with Gasteiger partial charge >= 0.3 is 0 Å². The van der Waals surface area contributed by atoms with Crippen molar-refractivity contribution in [2.24, 2.45) is 0 Å². The highest BCUT2D eigenvalue weighted by Gasteiger charge is 2.54. The first kappa shape index (κ1) is 17.5. The summed E-state index contributed by atoms with van der Waals surface area (Å²) in [4.78, 5) is 26.8.